The average Bonchev–Trinajstić information content (AvgIpc) is 2.83. The number of hydrogen-bond donors (Lipinski definition) is 2. The van der Waals surface area contributed by atoms with Crippen LogP contribution in [0.3, 0.4) is 0 Å². The Hall–Kier alpha value is -3.23. The molecule has 2 bridgehead atoms. The zero-order chi connectivity index (χ0) is 23.7. The van der Waals surface area contributed by atoms with Crippen molar-refractivity contribution in [2.75, 3.05) is 32.1 Å². The van der Waals surface area contributed by atoms with Crippen molar-refractivity contribution in [3.8, 4) is 5.75 Å². The molecule has 2 aliphatic rings. The number of benzene rings is 2. The average molecular weight is 461 g/mol. The van der Waals surface area contributed by atoms with Gasteiger partial charge in [-0.15, -0.1) is 0 Å². The number of methoxy groups -OCH3 is 1. The van der Waals surface area contributed by atoms with Crippen LogP contribution in [0.15, 0.2) is 48.5 Å². The van der Waals surface area contributed by atoms with Crippen LogP contribution in [0.2, 0.25) is 0 Å². The molecule has 3 heterocycles. The van der Waals surface area contributed by atoms with E-state index in [1.165, 1.54) is 0 Å². The topological polar surface area (TPSA) is 82.6 Å². The monoisotopic (exact) mass is 460 g/mol. The first-order valence-electron chi connectivity index (χ1n) is 11.9. The molecule has 2 atom stereocenters. The van der Waals surface area contributed by atoms with Crippen molar-refractivity contribution in [1.29, 1.82) is 0 Å². The Bertz CT molecular complexity index is 1180. The van der Waals surface area contributed by atoms with Crippen LogP contribution in [0.5, 0.6) is 5.75 Å². The molecule has 2 N–H and O–H groups in total. The van der Waals surface area contributed by atoms with Crippen molar-refractivity contribution < 1.29 is 9.53 Å². The summed E-state index contributed by atoms with van der Waals surface area (Å²) < 4.78 is 5.55. The van der Waals surface area contributed by atoms with Crippen molar-refractivity contribution in [1.82, 2.24) is 25.1 Å². The number of ether oxygens (including phenoxy) is 1. The summed E-state index contributed by atoms with van der Waals surface area (Å²) in [6, 6.07) is 15.7. The molecular formula is C26H32N6O2. The van der Waals surface area contributed by atoms with Gasteiger partial charge in [0.25, 0.3) is 0 Å². The molecule has 1 saturated heterocycles. The van der Waals surface area contributed by atoms with E-state index >= 15 is 0 Å². The first-order chi connectivity index (χ1) is 16.5. The Morgan fingerprint density at radius 1 is 1.06 bits per heavy atom. The van der Waals surface area contributed by atoms with Gasteiger partial charge in [-0.2, -0.15) is 0 Å². The number of fused-ring (bicyclic) bond motifs is 5. The Kier molecular flexibility index (Phi) is 6.34. The van der Waals surface area contributed by atoms with Crippen LogP contribution in [-0.4, -0.2) is 64.6 Å². The lowest BCUT2D eigenvalue weighted by molar-refractivity contribution is -0.125. The van der Waals surface area contributed by atoms with Crippen molar-refractivity contribution in [3.05, 3.63) is 59.9 Å². The molecule has 0 aliphatic carbocycles. The lowest BCUT2D eigenvalue weighted by Gasteiger charge is -2.42. The first-order valence-corrected chi connectivity index (χ1v) is 11.9. The van der Waals surface area contributed by atoms with Gasteiger partial charge in [0.1, 0.15) is 23.4 Å². The highest BCUT2D eigenvalue weighted by molar-refractivity contribution is 5.92. The number of carbonyl (C=O) groups is 1. The third kappa shape index (κ3) is 4.56. The smallest absolute Gasteiger partial charge is 0.244 e. The highest BCUT2D eigenvalue weighted by Gasteiger charge is 2.33. The lowest BCUT2D eigenvalue weighted by atomic mass is 10.0. The summed E-state index contributed by atoms with van der Waals surface area (Å²) in [4.78, 5) is 27.8. The minimum absolute atomic E-state index is 0.00437. The van der Waals surface area contributed by atoms with Gasteiger partial charge in [-0.3, -0.25) is 14.6 Å². The van der Waals surface area contributed by atoms with Crippen molar-refractivity contribution >= 4 is 22.6 Å². The number of nitrogens with zero attached hydrogens (tertiary/aromatic N) is 4. The minimum atomic E-state index is -0.393. The first kappa shape index (κ1) is 22.6. The Balaban J connectivity index is 1.45. The van der Waals surface area contributed by atoms with Gasteiger partial charge in [-0.05, 0) is 24.1 Å². The van der Waals surface area contributed by atoms with Crippen molar-refractivity contribution in [3.63, 3.8) is 0 Å². The van der Waals surface area contributed by atoms with Gasteiger partial charge in [0.2, 0.25) is 5.91 Å². The molecule has 8 nitrogen and oxygen atoms in total. The molecule has 3 aromatic rings. The molecule has 34 heavy (non-hydrogen) atoms. The number of amides is 1. The third-order valence-corrected chi connectivity index (χ3v) is 6.71. The fourth-order valence-corrected chi connectivity index (χ4v) is 4.84. The molecule has 0 spiro atoms. The molecule has 178 valence electrons. The fourth-order valence-electron chi connectivity index (χ4n) is 4.84. The minimum Gasteiger partial charge on any atom is -0.496 e. The number of aromatic nitrogens is 2. The molecule has 0 radical (unpaired) electrons. The number of rotatable bonds is 4. The van der Waals surface area contributed by atoms with Gasteiger partial charge in [0.05, 0.1) is 25.3 Å². The highest BCUT2D eigenvalue weighted by atomic mass is 16.5. The van der Waals surface area contributed by atoms with Crippen LogP contribution in [0, 0.1) is 5.92 Å². The van der Waals surface area contributed by atoms with Gasteiger partial charge in [0, 0.05) is 37.1 Å². The number of anilines is 1. The normalized spacial score (nSPS) is 21.6. The second-order valence-electron chi connectivity index (χ2n) is 9.41. The maximum atomic E-state index is 13.4. The SMILES string of the molecule is COc1ccccc1CN1CCN2Cc3nc(c4ccccc4n3)N[C@@H](C(C)C)C(=O)NC2C1. The zero-order valence-corrected chi connectivity index (χ0v) is 20.0. The molecule has 0 saturated carbocycles. The summed E-state index contributed by atoms with van der Waals surface area (Å²) in [5.41, 5.74) is 2.04. The Labute approximate surface area is 200 Å². The Morgan fingerprint density at radius 3 is 2.68 bits per heavy atom. The van der Waals surface area contributed by atoms with E-state index in [0.29, 0.717) is 6.54 Å². The molecule has 8 heteroatoms. The molecule has 1 unspecified atom stereocenters. The van der Waals surface area contributed by atoms with Crippen LogP contribution < -0.4 is 15.4 Å². The molecular weight excluding hydrogens is 428 g/mol. The van der Waals surface area contributed by atoms with Crippen molar-refractivity contribution in [2.24, 2.45) is 5.92 Å². The summed E-state index contributed by atoms with van der Waals surface area (Å²) in [5, 5.41) is 7.68. The van der Waals surface area contributed by atoms with Crippen LogP contribution in [0.1, 0.15) is 25.2 Å². The molecule has 1 aromatic heterocycles. The third-order valence-electron chi connectivity index (χ3n) is 6.71. The molecule has 2 aromatic carbocycles. The Morgan fingerprint density at radius 2 is 1.85 bits per heavy atom. The number of carbonyl (C=O) groups excluding carboxylic acids is 1. The predicted octanol–water partition coefficient (Wildman–Crippen LogP) is 2.85. The summed E-state index contributed by atoms with van der Waals surface area (Å²) in [6.45, 7) is 7.88. The molecule has 2 aliphatic heterocycles. The molecule has 5 rings (SSSR count). The summed E-state index contributed by atoms with van der Waals surface area (Å²) in [7, 11) is 1.70. The van der Waals surface area contributed by atoms with Gasteiger partial charge in [0.15, 0.2) is 0 Å². The van der Waals surface area contributed by atoms with E-state index in [1.54, 1.807) is 7.11 Å². The molecule has 1 amide bonds. The van der Waals surface area contributed by atoms with E-state index in [-0.39, 0.29) is 18.0 Å². The van der Waals surface area contributed by atoms with Crippen LogP contribution in [0.25, 0.3) is 10.9 Å². The van der Waals surface area contributed by atoms with E-state index < -0.39 is 6.04 Å². The van der Waals surface area contributed by atoms with Gasteiger partial charge < -0.3 is 15.4 Å². The highest BCUT2D eigenvalue weighted by Crippen LogP contribution is 2.26. The summed E-state index contributed by atoms with van der Waals surface area (Å²) in [5.74, 6) is 2.47. The van der Waals surface area contributed by atoms with Gasteiger partial charge in [-0.1, -0.05) is 44.2 Å². The molecule has 1 fully saturated rings. The maximum Gasteiger partial charge on any atom is 0.244 e. The van der Waals surface area contributed by atoms with Gasteiger partial charge in [-0.25, -0.2) is 9.97 Å². The quantitative estimate of drug-likeness (QED) is 0.620. The predicted molar refractivity (Wildman–Crippen MR) is 132 cm³/mol. The second-order valence-corrected chi connectivity index (χ2v) is 9.41. The standard InChI is InChI=1S/C26H32N6O2/c1-17(2)24-26(33)29-23-16-31(14-18-8-4-7-11-21(18)34-3)12-13-32(23)15-22-27-20-10-6-5-9-19(20)25(28-22)30-24/h4-11,17,23-24H,12-16H2,1-3H3,(H,29,33)(H,27,28,30)/t23?,24-/m0/s1. The van der Waals surface area contributed by atoms with E-state index in [2.05, 4.69) is 40.3 Å². The van der Waals surface area contributed by atoms with E-state index in [9.17, 15) is 4.79 Å². The van der Waals surface area contributed by atoms with Crippen molar-refractivity contribution in [2.45, 2.75) is 39.1 Å². The zero-order valence-electron chi connectivity index (χ0n) is 20.0. The lowest BCUT2D eigenvalue weighted by Crippen LogP contribution is -2.62. The largest absolute Gasteiger partial charge is 0.496 e. The summed E-state index contributed by atoms with van der Waals surface area (Å²) >= 11 is 0. The fraction of sp³-hybridized carbons (Fsp3) is 0.423. The van der Waals surface area contributed by atoms with Gasteiger partial charge >= 0.3 is 0 Å². The van der Waals surface area contributed by atoms with Crippen LogP contribution in [-0.2, 0) is 17.9 Å². The van der Waals surface area contributed by atoms with E-state index in [1.807, 2.05) is 42.5 Å². The van der Waals surface area contributed by atoms with Crippen LogP contribution in [0.4, 0.5) is 5.82 Å². The van der Waals surface area contributed by atoms with E-state index in [4.69, 9.17) is 14.7 Å². The summed E-state index contributed by atoms with van der Waals surface area (Å²) in [6.07, 6.45) is -0.129. The number of hydrogen-bond acceptors (Lipinski definition) is 7. The maximum absolute atomic E-state index is 13.4. The van der Waals surface area contributed by atoms with Crippen LogP contribution >= 0.6 is 0 Å². The second kappa shape index (κ2) is 9.56. The number of piperazine rings is 1. The van der Waals surface area contributed by atoms with E-state index in [0.717, 1.165) is 60.0 Å². The number of para-hydroxylation sites is 2. The number of nitrogens with one attached hydrogen (secondary N) is 2.